The van der Waals surface area contributed by atoms with E-state index in [-0.39, 0.29) is 5.78 Å². The lowest BCUT2D eigenvalue weighted by Gasteiger charge is -2.37. The van der Waals surface area contributed by atoms with Crippen molar-refractivity contribution < 1.29 is 9.53 Å². The van der Waals surface area contributed by atoms with Gasteiger partial charge in [0.2, 0.25) is 0 Å². The van der Waals surface area contributed by atoms with Crippen molar-refractivity contribution in [2.24, 2.45) is 5.92 Å². The summed E-state index contributed by atoms with van der Waals surface area (Å²) >= 11 is 0. The topological polar surface area (TPSA) is 26.3 Å². The average molecular weight is 208 g/mol. The molecule has 1 saturated carbocycles. The number of carbonyl (C=O) groups excluding carboxylic acids is 1. The number of Topliss-reactive ketones (excluding diaryl/α,β-unsaturated/α-hetero) is 1. The molecule has 0 amide bonds. The number of hydrogen-bond acceptors (Lipinski definition) is 2. The zero-order valence-electron chi connectivity index (χ0n) is 9.71. The number of ketones is 1. The maximum Gasteiger partial charge on any atom is 0.165 e. The molecule has 15 heavy (non-hydrogen) atoms. The SMILES string of the molecule is C#CCCC(=O)C1(OC)CCCC(C)C1. The fourth-order valence-corrected chi connectivity index (χ4v) is 2.47. The van der Waals surface area contributed by atoms with Crippen molar-refractivity contribution in [2.45, 2.75) is 51.0 Å². The molecule has 2 unspecified atom stereocenters. The van der Waals surface area contributed by atoms with Crippen LogP contribution in [0, 0.1) is 18.3 Å². The maximum absolute atomic E-state index is 12.0. The van der Waals surface area contributed by atoms with Gasteiger partial charge >= 0.3 is 0 Å². The third-order valence-corrected chi connectivity index (χ3v) is 3.35. The number of terminal acetylenes is 1. The van der Waals surface area contributed by atoms with Crippen molar-refractivity contribution in [3.05, 3.63) is 0 Å². The van der Waals surface area contributed by atoms with Crippen LogP contribution in [0.15, 0.2) is 0 Å². The van der Waals surface area contributed by atoms with Crippen molar-refractivity contribution in [2.75, 3.05) is 7.11 Å². The van der Waals surface area contributed by atoms with E-state index in [9.17, 15) is 4.79 Å². The molecular weight excluding hydrogens is 188 g/mol. The molecule has 0 aliphatic heterocycles. The first kappa shape index (κ1) is 12.3. The standard InChI is InChI=1S/C13H20O2/c1-4-5-8-12(14)13(15-3)9-6-7-11(2)10-13/h1,11H,5-10H2,2-3H3. The molecule has 0 aromatic heterocycles. The van der Waals surface area contributed by atoms with Crippen molar-refractivity contribution in [3.63, 3.8) is 0 Å². The van der Waals surface area contributed by atoms with Crippen LogP contribution in [0.25, 0.3) is 0 Å². The summed E-state index contributed by atoms with van der Waals surface area (Å²) in [7, 11) is 1.64. The zero-order valence-corrected chi connectivity index (χ0v) is 9.71. The van der Waals surface area contributed by atoms with Crippen LogP contribution >= 0.6 is 0 Å². The number of hydrogen-bond donors (Lipinski definition) is 0. The summed E-state index contributed by atoms with van der Waals surface area (Å²) in [5.74, 6) is 3.28. The summed E-state index contributed by atoms with van der Waals surface area (Å²) in [5.41, 5.74) is -0.533. The molecule has 1 aliphatic carbocycles. The van der Waals surface area contributed by atoms with Gasteiger partial charge in [0.1, 0.15) is 5.60 Å². The Labute approximate surface area is 92.4 Å². The third kappa shape index (κ3) is 2.82. The highest BCUT2D eigenvalue weighted by Crippen LogP contribution is 2.36. The van der Waals surface area contributed by atoms with E-state index >= 15 is 0 Å². The predicted molar refractivity (Wildman–Crippen MR) is 60.4 cm³/mol. The Kier molecular flexibility index (Phi) is 4.35. The molecule has 2 atom stereocenters. The smallest absolute Gasteiger partial charge is 0.165 e. The Morgan fingerprint density at radius 3 is 2.93 bits per heavy atom. The van der Waals surface area contributed by atoms with Crippen LogP contribution in [-0.4, -0.2) is 18.5 Å². The minimum Gasteiger partial charge on any atom is -0.370 e. The number of methoxy groups -OCH3 is 1. The van der Waals surface area contributed by atoms with Gasteiger partial charge in [-0.15, -0.1) is 12.3 Å². The van der Waals surface area contributed by atoms with E-state index in [0.29, 0.717) is 18.8 Å². The van der Waals surface area contributed by atoms with Gasteiger partial charge in [0.25, 0.3) is 0 Å². The summed E-state index contributed by atoms with van der Waals surface area (Å²) < 4.78 is 5.49. The van der Waals surface area contributed by atoms with Gasteiger partial charge in [0.05, 0.1) is 0 Å². The number of rotatable bonds is 4. The Morgan fingerprint density at radius 1 is 1.67 bits per heavy atom. The Hall–Kier alpha value is -0.810. The van der Waals surface area contributed by atoms with Crippen LogP contribution in [0.1, 0.15) is 45.4 Å². The van der Waals surface area contributed by atoms with E-state index in [0.717, 1.165) is 19.3 Å². The predicted octanol–water partition coefficient (Wildman–Crippen LogP) is 2.56. The van der Waals surface area contributed by atoms with Gasteiger partial charge < -0.3 is 4.74 Å². The average Bonchev–Trinajstić information content (AvgIpc) is 2.25. The van der Waals surface area contributed by atoms with E-state index in [4.69, 9.17) is 11.2 Å². The van der Waals surface area contributed by atoms with Crippen molar-refractivity contribution in [3.8, 4) is 12.3 Å². The van der Waals surface area contributed by atoms with E-state index in [2.05, 4.69) is 12.8 Å². The molecule has 0 radical (unpaired) electrons. The first-order valence-electron chi connectivity index (χ1n) is 5.66. The summed E-state index contributed by atoms with van der Waals surface area (Å²) in [5, 5.41) is 0. The van der Waals surface area contributed by atoms with Crippen LogP contribution in [0.4, 0.5) is 0 Å². The lowest BCUT2D eigenvalue weighted by Crippen LogP contribution is -2.44. The number of ether oxygens (including phenoxy) is 1. The summed E-state index contributed by atoms with van der Waals surface area (Å²) in [6, 6.07) is 0. The summed E-state index contributed by atoms with van der Waals surface area (Å²) in [6.07, 6.45) is 10.2. The van der Waals surface area contributed by atoms with E-state index in [1.165, 1.54) is 6.42 Å². The maximum atomic E-state index is 12.0. The van der Waals surface area contributed by atoms with Gasteiger partial charge in [-0.1, -0.05) is 13.3 Å². The Balaban J connectivity index is 2.66. The van der Waals surface area contributed by atoms with E-state index in [1.54, 1.807) is 7.11 Å². The molecule has 84 valence electrons. The highest BCUT2D eigenvalue weighted by molar-refractivity contribution is 5.87. The summed E-state index contributed by atoms with van der Waals surface area (Å²) in [6.45, 7) is 2.18. The fourth-order valence-electron chi connectivity index (χ4n) is 2.47. The molecule has 1 rings (SSSR count). The highest BCUT2D eigenvalue weighted by Gasteiger charge is 2.40. The molecule has 0 heterocycles. The van der Waals surface area contributed by atoms with Gasteiger partial charge in [0.15, 0.2) is 5.78 Å². The third-order valence-electron chi connectivity index (χ3n) is 3.35. The van der Waals surface area contributed by atoms with Crippen molar-refractivity contribution >= 4 is 5.78 Å². The van der Waals surface area contributed by atoms with Crippen LogP contribution in [0.5, 0.6) is 0 Å². The summed E-state index contributed by atoms with van der Waals surface area (Å²) in [4.78, 5) is 12.0. The van der Waals surface area contributed by atoms with Crippen LogP contribution in [-0.2, 0) is 9.53 Å². The van der Waals surface area contributed by atoms with Gasteiger partial charge in [0, 0.05) is 20.0 Å². The van der Waals surface area contributed by atoms with Gasteiger partial charge in [-0.3, -0.25) is 4.79 Å². The van der Waals surface area contributed by atoms with Crippen molar-refractivity contribution in [1.82, 2.24) is 0 Å². The Bertz CT molecular complexity index is 264. The minimum atomic E-state index is -0.533. The molecule has 0 spiro atoms. The monoisotopic (exact) mass is 208 g/mol. The molecule has 2 nitrogen and oxygen atoms in total. The lowest BCUT2D eigenvalue weighted by molar-refractivity contribution is -0.146. The second-order valence-corrected chi connectivity index (χ2v) is 4.53. The highest BCUT2D eigenvalue weighted by atomic mass is 16.5. The first-order chi connectivity index (χ1) is 7.14. The molecule has 0 aromatic rings. The second kappa shape index (κ2) is 5.32. The quantitative estimate of drug-likeness (QED) is 0.664. The van der Waals surface area contributed by atoms with Gasteiger partial charge in [-0.05, 0) is 25.2 Å². The van der Waals surface area contributed by atoms with Crippen LogP contribution < -0.4 is 0 Å². The van der Waals surface area contributed by atoms with Gasteiger partial charge in [-0.25, -0.2) is 0 Å². The first-order valence-corrected chi connectivity index (χ1v) is 5.66. The largest absolute Gasteiger partial charge is 0.370 e. The lowest BCUT2D eigenvalue weighted by atomic mass is 9.75. The Morgan fingerprint density at radius 2 is 2.40 bits per heavy atom. The van der Waals surface area contributed by atoms with E-state index < -0.39 is 5.60 Å². The second-order valence-electron chi connectivity index (χ2n) is 4.53. The van der Waals surface area contributed by atoms with Crippen LogP contribution in [0.3, 0.4) is 0 Å². The molecule has 0 N–H and O–H groups in total. The normalized spacial score (nSPS) is 30.9. The number of carbonyl (C=O) groups is 1. The molecule has 1 fully saturated rings. The van der Waals surface area contributed by atoms with Crippen LogP contribution in [0.2, 0.25) is 0 Å². The fraction of sp³-hybridized carbons (Fsp3) is 0.769. The molecule has 0 aromatic carbocycles. The van der Waals surface area contributed by atoms with Crippen molar-refractivity contribution in [1.29, 1.82) is 0 Å². The molecule has 0 saturated heterocycles. The minimum absolute atomic E-state index is 0.189. The van der Waals surface area contributed by atoms with E-state index in [1.807, 2.05) is 0 Å². The molecular formula is C13H20O2. The van der Waals surface area contributed by atoms with Gasteiger partial charge in [-0.2, -0.15) is 0 Å². The zero-order chi connectivity index (χ0) is 11.3. The molecule has 1 aliphatic rings. The molecule has 2 heteroatoms. The molecule has 0 bridgehead atoms.